The molecule has 2 aromatic carbocycles. The number of amides is 4. The van der Waals surface area contributed by atoms with E-state index in [9.17, 15) is 24.5 Å². The summed E-state index contributed by atoms with van der Waals surface area (Å²) in [6.07, 6.45) is 0.951. The van der Waals surface area contributed by atoms with Crippen LogP contribution >= 0.6 is 0 Å². The molecule has 10 nitrogen and oxygen atoms in total. The van der Waals surface area contributed by atoms with Crippen molar-refractivity contribution in [1.82, 2.24) is 10.2 Å². The zero-order valence-electron chi connectivity index (χ0n) is 17.1. The molecule has 2 N–H and O–H groups in total. The number of anilines is 1. The molecule has 10 heteroatoms. The van der Waals surface area contributed by atoms with Crippen LogP contribution in [0.15, 0.2) is 48.5 Å². The Morgan fingerprint density at radius 2 is 1.94 bits per heavy atom. The Bertz CT molecular complexity index is 1030. The average Bonchev–Trinajstić information content (AvgIpc) is 2.96. The quantitative estimate of drug-likeness (QED) is 0.379. The minimum absolute atomic E-state index is 0.0700. The van der Waals surface area contributed by atoms with Crippen molar-refractivity contribution in [3.05, 3.63) is 64.2 Å². The van der Waals surface area contributed by atoms with Gasteiger partial charge in [-0.05, 0) is 31.4 Å². The molecular formula is C21H22N4O6. The van der Waals surface area contributed by atoms with Gasteiger partial charge in [0, 0.05) is 12.1 Å². The Balaban J connectivity index is 1.67. The molecule has 1 unspecified atom stereocenters. The first kappa shape index (κ1) is 21.8. The Morgan fingerprint density at radius 3 is 2.58 bits per heavy atom. The lowest BCUT2D eigenvalue weighted by Crippen LogP contribution is -2.45. The molecule has 0 spiro atoms. The Labute approximate surface area is 178 Å². The van der Waals surface area contributed by atoms with Gasteiger partial charge in [0.2, 0.25) is 5.91 Å². The molecule has 0 aromatic heterocycles. The van der Waals surface area contributed by atoms with Crippen molar-refractivity contribution in [1.29, 1.82) is 0 Å². The van der Waals surface area contributed by atoms with E-state index >= 15 is 0 Å². The Kier molecular flexibility index (Phi) is 6.19. The van der Waals surface area contributed by atoms with Crippen molar-refractivity contribution in [3.63, 3.8) is 0 Å². The number of aryl methyl sites for hydroxylation is 1. The zero-order valence-corrected chi connectivity index (χ0v) is 17.1. The molecule has 1 aliphatic heterocycles. The molecule has 1 heterocycles. The normalized spacial score (nSPS) is 17.9. The third-order valence-corrected chi connectivity index (χ3v) is 5.07. The molecule has 1 atom stereocenters. The summed E-state index contributed by atoms with van der Waals surface area (Å²) in [5.41, 5.74) is -0.268. The second-order valence-electron chi connectivity index (χ2n) is 7.33. The van der Waals surface area contributed by atoms with E-state index in [-0.39, 0.29) is 17.1 Å². The van der Waals surface area contributed by atoms with Gasteiger partial charge in [-0.25, -0.2) is 4.79 Å². The Hall–Kier alpha value is -3.95. The molecule has 0 radical (unpaired) electrons. The number of rotatable bonds is 8. The molecule has 1 fully saturated rings. The van der Waals surface area contributed by atoms with Crippen molar-refractivity contribution in [3.8, 4) is 5.75 Å². The topological polar surface area (TPSA) is 131 Å². The standard InChI is InChI=1S/C21H22N4O6/c1-21(11-10-14-6-4-3-5-7-14)19(27)24(20(28)23-21)13-18(26)22-16-12-15(25(29)30)8-9-17(16)31-2/h3-9,12H,10-11,13H2,1-2H3,(H,22,26)(H,23,28). The summed E-state index contributed by atoms with van der Waals surface area (Å²) in [7, 11) is 1.35. The highest BCUT2D eigenvalue weighted by atomic mass is 16.6. The summed E-state index contributed by atoms with van der Waals surface area (Å²) in [4.78, 5) is 48.9. The van der Waals surface area contributed by atoms with Gasteiger partial charge in [0.05, 0.1) is 17.7 Å². The smallest absolute Gasteiger partial charge is 0.325 e. The van der Waals surface area contributed by atoms with Crippen molar-refractivity contribution in [2.75, 3.05) is 19.0 Å². The summed E-state index contributed by atoms with van der Waals surface area (Å²) in [6, 6.07) is 12.6. The molecule has 1 aliphatic rings. The zero-order chi connectivity index (χ0) is 22.6. The number of nitrogens with one attached hydrogen (secondary N) is 2. The van der Waals surface area contributed by atoms with Gasteiger partial charge in [0.15, 0.2) is 0 Å². The summed E-state index contributed by atoms with van der Waals surface area (Å²) >= 11 is 0. The largest absolute Gasteiger partial charge is 0.495 e. The molecule has 162 valence electrons. The molecule has 2 aromatic rings. The number of urea groups is 1. The van der Waals surface area contributed by atoms with Gasteiger partial charge in [-0.15, -0.1) is 0 Å². The summed E-state index contributed by atoms with van der Waals surface area (Å²) < 4.78 is 5.10. The van der Waals surface area contributed by atoms with Crippen LogP contribution in [0.1, 0.15) is 18.9 Å². The number of hydrogen-bond acceptors (Lipinski definition) is 6. The highest BCUT2D eigenvalue weighted by Gasteiger charge is 2.47. The summed E-state index contributed by atoms with van der Waals surface area (Å²) in [5, 5.41) is 16.1. The van der Waals surface area contributed by atoms with E-state index in [0.717, 1.165) is 16.5 Å². The fourth-order valence-electron chi connectivity index (χ4n) is 3.34. The van der Waals surface area contributed by atoms with Gasteiger partial charge < -0.3 is 15.4 Å². The lowest BCUT2D eigenvalue weighted by molar-refractivity contribution is -0.384. The molecule has 0 saturated carbocycles. The van der Waals surface area contributed by atoms with Crippen molar-refractivity contribution >= 4 is 29.2 Å². The van der Waals surface area contributed by atoms with Crippen molar-refractivity contribution in [2.24, 2.45) is 0 Å². The van der Waals surface area contributed by atoms with Gasteiger partial charge in [-0.1, -0.05) is 30.3 Å². The first-order valence-electron chi connectivity index (χ1n) is 9.54. The molecule has 3 rings (SSSR count). The van der Waals surface area contributed by atoms with E-state index in [1.54, 1.807) is 6.92 Å². The SMILES string of the molecule is COc1ccc([N+](=O)[O-])cc1NC(=O)CN1C(=O)NC(C)(CCc2ccccc2)C1=O. The molecule has 0 aliphatic carbocycles. The van der Waals surface area contributed by atoms with Crippen LogP contribution in [-0.4, -0.2) is 46.9 Å². The van der Waals surface area contributed by atoms with Crippen LogP contribution in [0.4, 0.5) is 16.2 Å². The van der Waals surface area contributed by atoms with Crippen molar-refractivity contribution < 1.29 is 24.0 Å². The number of non-ortho nitro benzene ring substituents is 1. The lowest BCUT2D eigenvalue weighted by atomic mass is 9.93. The van der Waals surface area contributed by atoms with Gasteiger partial charge in [0.1, 0.15) is 17.8 Å². The fourth-order valence-corrected chi connectivity index (χ4v) is 3.34. The third-order valence-electron chi connectivity index (χ3n) is 5.07. The molecule has 1 saturated heterocycles. The third kappa shape index (κ3) is 4.80. The Morgan fingerprint density at radius 1 is 1.23 bits per heavy atom. The first-order chi connectivity index (χ1) is 14.7. The second-order valence-corrected chi connectivity index (χ2v) is 7.33. The van der Waals surface area contributed by atoms with E-state index < -0.39 is 34.9 Å². The van der Waals surface area contributed by atoms with E-state index in [1.165, 1.54) is 19.2 Å². The number of carbonyl (C=O) groups excluding carboxylic acids is 3. The minimum atomic E-state index is -1.13. The first-order valence-corrected chi connectivity index (χ1v) is 9.54. The molecule has 31 heavy (non-hydrogen) atoms. The number of nitro benzene ring substituents is 1. The number of hydrogen-bond donors (Lipinski definition) is 2. The summed E-state index contributed by atoms with van der Waals surface area (Å²) in [6.45, 7) is 1.09. The molecule has 0 bridgehead atoms. The predicted octanol–water partition coefficient (Wildman–Crippen LogP) is 2.49. The second kappa shape index (κ2) is 8.82. The van der Waals surface area contributed by atoms with Crippen LogP contribution in [-0.2, 0) is 16.0 Å². The monoisotopic (exact) mass is 426 g/mol. The van der Waals surface area contributed by atoms with Crippen LogP contribution < -0.4 is 15.4 Å². The van der Waals surface area contributed by atoms with Crippen LogP contribution in [0.5, 0.6) is 5.75 Å². The van der Waals surface area contributed by atoms with Gasteiger partial charge in [-0.3, -0.25) is 24.6 Å². The van der Waals surface area contributed by atoms with E-state index in [0.29, 0.717) is 12.8 Å². The number of benzene rings is 2. The fraction of sp³-hybridized carbons (Fsp3) is 0.286. The highest BCUT2D eigenvalue weighted by molar-refractivity contribution is 6.10. The van der Waals surface area contributed by atoms with Crippen LogP contribution in [0.3, 0.4) is 0 Å². The minimum Gasteiger partial charge on any atom is -0.495 e. The number of carbonyl (C=O) groups is 3. The van der Waals surface area contributed by atoms with Crippen LogP contribution in [0, 0.1) is 10.1 Å². The van der Waals surface area contributed by atoms with Gasteiger partial charge >= 0.3 is 6.03 Å². The molecular weight excluding hydrogens is 404 g/mol. The maximum absolute atomic E-state index is 12.9. The van der Waals surface area contributed by atoms with E-state index in [1.807, 2.05) is 30.3 Å². The van der Waals surface area contributed by atoms with E-state index in [4.69, 9.17) is 4.74 Å². The van der Waals surface area contributed by atoms with Crippen LogP contribution in [0.25, 0.3) is 0 Å². The number of ether oxygens (including phenoxy) is 1. The lowest BCUT2D eigenvalue weighted by Gasteiger charge is -2.21. The average molecular weight is 426 g/mol. The van der Waals surface area contributed by atoms with Gasteiger partial charge in [0.25, 0.3) is 11.6 Å². The number of nitro groups is 1. The number of imide groups is 1. The predicted molar refractivity (Wildman–Crippen MR) is 112 cm³/mol. The highest BCUT2D eigenvalue weighted by Crippen LogP contribution is 2.29. The number of methoxy groups -OCH3 is 1. The summed E-state index contributed by atoms with van der Waals surface area (Å²) in [5.74, 6) is -0.979. The molecule has 4 amide bonds. The maximum atomic E-state index is 12.9. The van der Waals surface area contributed by atoms with Gasteiger partial charge in [-0.2, -0.15) is 0 Å². The van der Waals surface area contributed by atoms with E-state index in [2.05, 4.69) is 10.6 Å². The van der Waals surface area contributed by atoms with Crippen LogP contribution in [0.2, 0.25) is 0 Å². The van der Waals surface area contributed by atoms with Crippen molar-refractivity contribution in [2.45, 2.75) is 25.3 Å². The maximum Gasteiger partial charge on any atom is 0.325 e. The number of nitrogens with zero attached hydrogens (tertiary/aromatic N) is 2.